The summed E-state index contributed by atoms with van der Waals surface area (Å²) in [5.74, 6) is -0.0219. The lowest BCUT2D eigenvalue weighted by atomic mass is 9.88. The van der Waals surface area contributed by atoms with Crippen molar-refractivity contribution in [1.82, 2.24) is 24.5 Å². The first-order valence-electron chi connectivity index (χ1n) is 9.77. The van der Waals surface area contributed by atoms with Gasteiger partial charge in [-0.2, -0.15) is 4.31 Å². The summed E-state index contributed by atoms with van der Waals surface area (Å²) in [5, 5.41) is 6.43. The van der Waals surface area contributed by atoms with Crippen molar-refractivity contribution in [2.24, 2.45) is 13.0 Å². The van der Waals surface area contributed by atoms with Gasteiger partial charge in [0, 0.05) is 38.3 Å². The van der Waals surface area contributed by atoms with Crippen LogP contribution in [0, 0.1) is 5.92 Å². The number of alkyl carbamates (subject to hydrolysis) is 1. The molecule has 9 nitrogen and oxygen atoms in total. The van der Waals surface area contributed by atoms with Crippen molar-refractivity contribution in [3.8, 4) is 0 Å². The Morgan fingerprint density at radius 2 is 2.07 bits per heavy atom. The lowest BCUT2D eigenvalue weighted by Gasteiger charge is -2.32. The van der Waals surface area contributed by atoms with Crippen LogP contribution in [0.3, 0.4) is 0 Å². The van der Waals surface area contributed by atoms with Crippen LogP contribution < -0.4 is 10.6 Å². The van der Waals surface area contributed by atoms with E-state index in [0.29, 0.717) is 6.54 Å². The second kappa shape index (κ2) is 8.00. The van der Waals surface area contributed by atoms with Crippen molar-refractivity contribution < 1.29 is 17.9 Å². The third-order valence-corrected chi connectivity index (χ3v) is 6.90. The molecule has 1 amide bonds. The third-order valence-electron chi connectivity index (χ3n) is 5.18. The molecule has 0 spiro atoms. The Kier molecular flexibility index (Phi) is 6.02. The van der Waals surface area contributed by atoms with Gasteiger partial charge in [-0.3, -0.25) is 0 Å². The van der Waals surface area contributed by atoms with Crippen LogP contribution >= 0.6 is 0 Å². The van der Waals surface area contributed by atoms with Gasteiger partial charge in [-0.05, 0) is 40.2 Å². The van der Waals surface area contributed by atoms with E-state index in [4.69, 9.17) is 4.74 Å². The maximum atomic E-state index is 13.0. The fourth-order valence-corrected chi connectivity index (χ4v) is 5.38. The van der Waals surface area contributed by atoms with Gasteiger partial charge in [-0.25, -0.2) is 18.2 Å². The Bertz CT molecular complexity index is 795. The Balaban J connectivity index is 1.78. The quantitative estimate of drug-likeness (QED) is 0.765. The molecule has 0 saturated carbocycles. The van der Waals surface area contributed by atoms with Crippen LogP contribution in [0.1, 0.15) is 40.0 Å². The minimum Gasteiger partial charge on any atom is -0.444 e. The number of hydrogen-bond acceptors (Lipinski definition) is 6. The highest BCUT2D eigenvalue weighted by Crippen LogP contribution is 2.29. The molecule has 0 radical (unpaired) electrons. The number of hydrogen-bond donors (Lipinski definition) is 2. The van der Waals surface area contributed by atoms with E-state index in [2.05, 4.69) is 15.6 Å². The maximum absolute atomic E-state index is 13.0. The van der Waals surface area contributed by atoms with Crippen molar-refractivity contribution in [2.45, 2.75) is 62.7 Å². The van der Waals surface area contributed by atoms with Gasteiger partial charge in [0.05, 0.1) is 12.4 Å². The number of sulfonamides is 1. The van der Waals surface area contributed by atoms with Crippen molar-refractivity contribution in [3.05, 3.63) is 12.5 Å². The summed E-state index contributed by atoms with van der Waals surface area (Å²) in [7, 11) is -1.98. The average molecular weight is 414 g/mol. The molecule has 2 aliphatic heterocycles. The number of imidazole rings is 1. The van der Waals surface area contributed by atoms with E-state index >= 15 is 0 Å². The molecule has 10 heteroatoms. The molecule has 2 aliphatic rings. The third kappa shape index (κ3) is 4.84. The minimum absolute atomic E-state index is 0.0219. The molecule has 0 unspecified atom stereocenters. The molecule has 0 aromatic carbocycles. The molecule has 28 heavy (non-hydrogen) atoms. The highest BCUT2D eigenvalue weighted by Gasteiger charge is 2.44. The van der Waals surface area contributed by atoms with Gasteiger partial charge < -0.3 is 19.9 Å². The topological polar surface area (TPSA) is 106 Å². The summed E-state index contributed by atoms with van der Waals surface area (Å²) < 4.78 is 34.5. The van der Waals surface area contributed by atoms with Crippen LogP contribution in [0.25, 0.3) is 0 Å². The number of aryl methyl sites for hydroxylation is 1. The highest BCUT2D eigenvalue weighted by atomic mass is 32.2. The number of carbonyl (C=O) groups excluding carboxylic acids is 1. The number of nitrogens with one attached hydrogen (secondary N) is 2. The average Bonchev–Trinajstić information content (AvgIpc) is 3.21. The molecule has 0 bridgehead atoms. The van der Waals surface area contributed by atoms with E-state index in [1.165, 1.54) is 16.8 Å². The zero-order valence-corrected chi connectivity index (χ0v) is 17.8. The van der Waals surface area contributed by atoms with Crippen molar-refractivity contribution in [2.75, 3.05) is 19.6 Å². The summed E-state index contributed by atoms with van der Waals surface area (Å²) in [5.41, 5.74) is -0.610. The number of aromatic nitrogens is 2. The molecular weight excluding hydrogens is 382 g/mol. The number of ether oxygens (including phenoxy) is 1. The number of piperidine rings is 1. The zero-order valence-electron chi connectivity index (χ0n) is 17.0. The van der Waals surface area contributed by atoms with E-state index in [1.807, 2.05) is 0 Å². The lowest BCUT2D eigenvalue weighted by molar-refractivity contribution is 0.0490. The SMILES string of the molecule is Cn1cnc(S(=O)(=O)N2C[C@@H]([C@H]3CCCCN3)[C@H](NC(=O)OC(C)(C)C)C2)c1. The summed E-state index contributed by atoms with van der Waals surface area (Å²) in [4.78, 5) is 16.3. The summed E-state index contributed by atoms with van der Waals surface area (Å²) in [6.45, 7) is 6.88. The van der Waals surface area contributed by atoms with Gasteiger partial charge in [0.2, 0.25) is 0 Å². The lowest BCUT2D eigenvalue weighted by Crippen LogP contribution is -2.50. The molecule has 0 aliphatic carbocycles. The van der Waals surface area contributed by atoms with E-state index in [1.54, 1.807) is 32.4 Å². The van der Waals surface area contributed by atoms with Crippen LogP contribution in [-0.2, 0) is 21.8 Å². The van der Waals surface area contributed by atoms with E-state index < -0.39 is 21.7 Å². The molecule has 2 N–H and O–H groups in total. The van der Waals surface area contributed by atoms with Crippen molar-refractivity contribution in [1.29, 1.82) is 0 Å². The molecule has 3 atom stereocenters. The summed E-state index contributed by atoms with van der Waals surface area (Å²) >= 11 is 0. The van der Waals surface area contributed by atoms with Crippen LogP contribution in [0.4, 0.5) is 4.79 Å². The zero-order chi connectivity index (χ0) is 20.5. The Morgan fingerprint density at radius 3 is 2.64 bits per heavy atom. The summed E-state index contributed by atoms with van der Waals surface area (Å²) in [6, 6.07) is -0.151. The van der Waals surface area contributed by atoms with Gasteiger partial charge in [0.1, 0.15) is 5.60 Å². The van der Waals surface area contributed by atoms with E-state index in [0.717, 1.165) is 25.8 Å². The maximum Gasteiger partial charge on any atom is 0.407 e. The number of carbonyl (C=O) groups is 1. The molecule has 3 heterocycles. The first-order chi connectivity index (χ1) is 13.1. The minimum atomic E-state index is -3.71. The second-order valence-corrected chi connectivity index (χ2v) is 10.6. The number of nitrogens with zero attached hydrogens (tertiary/aromatic N) is 3. The Morgan fingerprint density at radius 1 is 1.32 bits per heavy atom. The summed E-state index contributed by atoms with van der Waals surface area (Å²) in [6.07, 6.45) is 5.63. The van der Waals surface area contributed by atoms with Gasteiger partial charge >= 0.3 is 6.09 Å². The van der Waals surface area contributed by atoms with Crippen LogP contribution in [0.2, 0.25) is 0 Å². The first-order valence-corrected chi connectivity index (χ1v) is 11.2. The highest BCUT2D eigenvalue weighted by molar-refractivity contribution is 7.89. The van der Waals surface area contributed by atoms with Gasteiger partial charge in [-0.15, -0.1) is 0 Å². The molecule has 2 saturated heterocycles. The van der Waals surface area contributed by atoms with E-state index in [9.17, 15) is 13.2 Å². The molecule has 158 valence electrons. The van der Waals surface area contributed by atoms with Crippen LogP contribution in [0.15, 0.2) is 17.6 Å². The standard InChI is InChI=1S/C18H31N5O4S/c1-18(2,3)27-17(24)21-15-10-23(9-13(15)14-7-5-6-8-19-14)28(25,26)16-11-22(4)12-20-16/h11-15,19H,5-10H2,1-4H3,(H,21,24)/t13-,14+,15+/m0/s1. The number of rotatable bonds is 4. The number of amides is 1. The predicted molar refractivity (Wildman–Crippen MR) is 104 cm³/mol. The molecule has 2 fully saturated rings. The molecule has 1 aromatic rings. The van der Waals surface area contributed by atoms with Gasteiger partial charge in [-0.1, -0.05) is 6.42 Å². The Labute approximate surface area is 166 Å². The molecule has 3 rings (SSSR count). The fraction of sp³-hybridized carbons (Fsp3) is 0.778. The largest absolute Gasteiger partial charge is 0.444 e. The van der Waals surface area contributed by atoms with E-state index in [-0.39, 0.29) is 29.6 Å². The van der Waals surface area contributed by atoms with Crippen molar-refractivity contribution >= 4 is 16.1 Å². The Hall–Kier alpha value is -1.65. The smallest absolute Gasteiger partial charge is 0.407 e. The monoisotopic (exact) mass is 413 g/mol. The van der Waals surface area contributed by atoms with Gasteiger partial charge in [0.15, 0.2) is 5.03 Å². The van der Waals surface area contributed by atoms with Crippen LogP contribution in [0.5, 0.6) is 0 Å². The van der Waals surface area contributed by atoms with Crippen molar-refractivity contribution in [3.63, 3.8) is 0 Å². The van der Waals surface area contributed by atoms with Gasteiger partial charge in [0.25, 0.3) is 10.0 Å². The predicted octanol–water partition coefficient (Wildman–Crippen LogP) is 1.08. The normalized spacial score (nSPS) is 26.9. The first kappa shape index (κ1) is 21.1. The molecular formula is C18H31N5O4S. The second-order valence-electron chi connectivity index (χ2n) is 8.67. The fourth-order valence-electron chi connectivity index (χ4n) is 3.91. The van der Waals surface area contributed by atoms with Crippen LogP contribution in [-0.4, -0.2) is 65.7 Å². The molecule has 1 aromatic heterocycles.